The third-order valence-corrected chi connectivity index (χ3v) is 3.54. The van der Waals surface area contributed by atoms with Crippen molar-refractivity contribution in [3.63, 3.8) is 0 Å². The highest BCUT2D eigenvalue weighted by Crippen LogP contribution is 2.29. The number of nitrogens with one attached hydrogen (secondary N) is 1. The zero-order valence-corrected chi connectivity index (χ0v) is 9.24. The Bertz CT molecular complexity index is 435. The molecule has 7 nitrogen and oxygen atoms in total. The first-order chi connectivity index (χ1) is 8.25. The first kappa shape index (κ1) is 10.4. The maximum Gasteiger partial charge on any atom is 0.305 e. The average Bonchev–Trinajstić information content (AvgIpc) is 2.90. The zero-order valence-electron chi connectivity index (χ0n) is 9.24. The smallest absolute Gasteiger partial charge is 0.305 e. The van der Waals surface area contributed by atoms with Crippen molar-refractivity contribution < 1.29 is 4.92 Å². The highest BCUT2D eigenvalue weighted by Gasteiger charge is 2.38. The minimum absolute atomic E-state index is 0.0611. The average molecular weight is 235 g/mol. The number of fused-ring (bicyclic) bond motifs is 1. The Morgan fingerprint density at radius 3 is 2.88 bits per heavy atom. The van der Waals surface area contributed by atoms with E-state index in [-0.39, 0.29) is 5.69 Å². The maximum atomic E-state index is 10.5. The summed E-state index contributed by atoms with van der Waals surface area (Å²) in [6.45, 7) is 2.94. The van der Waals surface area contributed by atoms with Crippen LogP contribution in [0.5, 0.6) is 0 Å². The standard InChI is InChI=1S/C10H13N5O2/c16-15(17)8-4-12-10(13-5-8)14-2-1-7-3-11-6-9(7)14/h4-5,7,9,11H,1-3,6H2/t7-,9+/m0/s1. The van der Waals surface area contributed by atoms with Crippen LogP contribution in [0.4, 0.5) is 11.6 Å². The largest absolute Gasteiger partial charge is 0.336 e. The number of rotatable bonds is 2. The lowest BCUT2D eigenvalue weighted by molar-refractivity contribution is -0.385. The molecule has 1 N–H and O–H groups in total. The van der Waals surface area contributed by atoms with Gasteiger partial charge in [-0.05, 0) is 12.3 Å². The second-order valence-electron chi connectivity index (χ2n) is 4.47. The van der Waals surface area contributed by atoms with Gasteiger partial charge in [0.2, 0.25) is 5.95 Å². The Morgan fingerprint density at radius 2 is 2.18 bits per heavy atom. The topological polar surface area (TPSA) is 84.2 Å². The predicted molar refractivity (Wildman–Crippen MR) is 60.8 cm³/mol. The predicted octanol–water partition coefficient (Wildman–Crippen LogP) is 0.183. The Balaban J connectivity index is 1.82. The molecule has 3 rings (SSSR count). The van der Waals surface area contributed by atoms with Crippen molar-refractivity contribution in [2.24, 2.45) is 5.92 Å². The minimum Gasteiger partial charge on any atom is -0.336 e. The molecule has 0 aliphatic carbocycles. The van der Waals surface area contributed by atoms with E-state index in [9.17, 15) is 10.1 Å². The van der Waals surface area contributed by atoms with E-state index in [0.29, 0.717) is 17.9 Å². The molecule has 90 valence electrons. The van der Waals surface area contributed by atoms with Gasteiger partial charge in [-0.1, -0.05) is 0 Å². The van der Waals surface area contributed by atoms with E-state index < -0.39 is 4.92 Å². The minimum atomic E-state index is -0.478. The molecule has 0 saturated carbocycles. The summed E-state index contributed by atoms with van der Waals surface area (Å²) < 4.78 is 0. The molecule has 0 spiro atoms. The van der Waals surface area contributed by atoms with Crippen LogP contribution in [0, 0.1) is 16.0 Å². The molecule has 2 aliphatic rings. The van der Waals surface area contributed by atoms with Crippen molar-refractivity contribution in [1.82, 2.24) is 15.3 Å². The van der Waals surface area contributed by atoms with Crippen LogP contribution in [-0.2, 0) is 0 Å². The first-order valence-electron chi connectivity index (χ1n) is 5.69. The van der Waals surface area contributed by atoms with Crippen LogP contribution in [0.1, 0.15) is 6.42 Å². The summed E-state index contributed by atoms with van der Waals surface area (Å²) in [5.74, 6) is 1.26. The molecular weight excluding hydrogens is 222 g/mol. The molecule has 0 radical (unpaired) electrons. The molecule has 1 aromatic heterocycles. The summed E-state index contributed by atoms with van der Waals surface area (Å²) in [7, 11) is 0. The zero-order chi connectivity index (χ0) is 11.8. The number of aromatic nitrogens is 2. The summed E-state index contributed by atoms with van der Waals surface area (Å²) in [6, 6.07) is 0.441. The van der Waals surface area contributed by atoms with Gasteiger partial charge in [-0.2, -0.15) is 0 Å². The molecule has 1 aromatic rings. The Labute approximate surface area is 98.0 Å². The van der Waals surface area contributed by atoms with Gasteiger partial charge in [0.15, 0.2) is 0 Å². The molecule has 0 aromatic carbocycles. The van der Waals surface area contributed by atoms with Gasteiger partial charge in [0.05, 0.1) is 4.92 Å². The Morgan fingerprint density at radius 1 is 1.41 bits per heavy atom. The molecule has 0 amide bonds. The van der Waals surface area contributed by atoms with Gasteiger partial charge in [0.25, 0.3) is 0 Å². The van der Waals surface area contributed by atoms with E-state index in [4.69, 9.17) is 0 Å². The summed E-state index contributed by atoms with van der Waals surface area (Å²) in [4.78, 5) is 20.4. The molecule has 2 atom stereocenters. The van der Waals surface area contributed by atoms with Crippen LogP contribution in [-0.4, -0.2) is 40.6 Å². The van der Waals surface area contributed by atoms with Crippen LogP contribution in [0.15, 0.2) is 12.4 Å². The highest BCUT2D eigenvalue weighted by atomic mass is 16.6. The van der Waals surface area contributed by atoms with Gasteiger partial charge < -0.3 is 10.2 Å². The van der Waals surface area contributed by atoms with Gasteiger partial charge >= 0.3 is 5.69 Å². The van der Waals surface area contributed by atoms with E-state index in [1.54, 1.807) is 0 Å². The number of nitrogens with zero attached hydrogens (tertiary/aromatic N) is 4. The van der Waals surface area contributed by atoms with Crippen molar-refractivity contribution >= 4 is 11.6 Å². The van der Waals surface area contributed by atoms with Crippen LogP contribution in [0.2, 0.25) is 0 Å². The fourth-order valence-corrected chi connectivity index (χ4v) is 2.65. The molecule has 17 heavy (non-hydrogen) atoms. The first-order valence-corrected chi connectivity index (χ1v) is 5.69. The molecule has 2 fully saturated rings. The van der Waals surface area contributed by atoms with E-state index >= 15 is 0 Å². The van der Waals surface area contributed by atoms with Gasteiger partial charge in [0.1, 0.15) is 12.4 Å². The lowest BCUT2D eigenvalue weighted by atomic mass is 10.1. The third kappa shape index (κ3) is 1.72. The fraction of sp³-hybridized carbons (Fsp3) is 0.600. The molecule has 7 heteroatoms. The summed E-state index contributed by atoms with van der Waals surface area (Å²) in [5.41, 5.74) is -0.0611. The van der Waals surface area contributed by atoms with Crippen LogP contribution < -0.4 is 10.2 Å². The second kappa shape index (κ2) is 3.92. The number of anilines is 1. The molecule has 2 saturated heterocycles. The quantitative estimate of drug-likeness (QED) is 0.581. The number of nitro groups is 1. The van der Waals surface area contributed by atoms with Gasteiger partial charge in [0, 0.05) is 25.7 Å². The lowest BCUT2D eigenvalue weighted by Gasteiger charge is -2.22. The Hall–Kier alpha value is -1.76. The van der Waals surface area contributed by atoms with Crippen molar-refractivity contribution in [3.8, 4) is 0 Å². The molecule has 0 unspecified atom stereocenters. The van der Waals surface area contributed by atoms with Crippen LogP contribution in [0.3, 0.4) is 0 Å². The molecular formula is C10H13N5O2. The summed E-state index contributed by atoms with van der Waals surface area (Å²) in [5, 5.41) is 13.9. The molecule has 3 heterocycles. The van der Waals surface area contributed by atoms with Gasteiger partial charge in [-0.3, -0.25) is 10.1 Å². The summed E-state index contributed by atoms with van der Waals surface area (Å²) >= 11 is 0. The second-order valence-corrected chi connectivity index (χ2v) is 4.47. The van der Waals surface area contributed by atoms with Crippen LogP contribution >= 0.6 is 0 Å². The van der Waals surface area contributed by atoms with E-state index in [1.807, 2.05) is 0 Å². The van der Waals surface area contributed by atoms with Gasteiger partial charge in [-0.25, -0.2) is 9.97 Å². The highest BCUT2D eigenvalue weighted by molar-refractivity contribution is 5.37. The normalized spacial score (nSPS) is 27.2. The summed E-state index contributed by atoms with van der Waals surface area (Å²) in [6.07, 6.45) is 3.69. The monoisotopic (exact) mass is 235 g/mol. The number of hydrogen-bond acceptors (Lipinski definition) is 6. The van der Waals surface area contributed by atoms with Crippen molar-refractivity contribution in [2.45, 2.75) is 12.5 Å². The van der Waals surface area contributed by atoms with E-state index in [0.717, 1.165) is 26.1 Å². The van der Waals surface area contributed by atoms with E-state index in [2.05, 4.69) is 20.2 Å². The Kier molecular flexibility index (Phi) is 2.40. The SMILES string of the molecule is O=[N+]([O-])c1cnc(N2CC[C@H]3CNC[C@H]32)nc1. The maximum absolute atomic E-state index is 10.5. The van der Waals surface area contributed by atoms with Crippen LogP contribution in [0.25, 0.3) is 0 Å². The fourth-order valence-electron chi connectivity index (χ4n) is 2.65. The van der Waals surface area contributed by atoms with Gasteiger partial charge in [-0.15, -0.1) is 0 Å². The lowest BCUT2D eigenvalue weighted by Crippen LogP contribution is -2.35. The van der Waals surface area contributed by atoms with E-state index in [1.165, 1.54) is 12.4 Å². The van der Waals surface area contributed by atoms with Crippen molar-refractivity contribution in [2.75, 3.05) is 24.5 Å². The van der Waals surface area contributed by atoms with Crippen molar-refractivity contribution in [3.05, 3.63) is 22.5 Å². The number of hydrogen-bond donors (Lipinski definition) is 1. The third-order valence-electron chi connectivity index (χ3n) is 3.54. The molecule has 0 bridgehead atoms. The van der Waals surface area contributed by atoms with Crippen molar-refractivity contribution in [1.29, 1.82) is 0 Å². The molecule has 2 aliphatic heterocycles.